The Bertz CT molecular complexity index is 479. The monoisotopic (exact) mass is 282 g/mol. The molecule has 0 aromatic carbocycles. The molecule has 0 aliphatic heterocycles. The van der Waals surface area contributed by atoms with Crippen molar-refractivity contribution in [1.82, 2.24) is 0 Å². The summed E-state index contributed by atoms with van der Waals surface area (Å²) < 4.78 is 4.96. The molecule has 0 aliphatic carbocycles. The van der Waals surface area contributed by atoms with Crippen LogP contribution in [0.15, 0.2) is 0 Å². The van der Waals surface area contributed by atoms with Crippen LogP contribution < -0.4 is 16.8 Å². The number of carbonyl (C=O) groups excluding carboxylic acids is 1. The van der Waals surface area contributed by atoms with Gasteiger partial charge in [0.15, 0.2) is 0 Å². The Balaban J connectivity index is 2.58. The van der Waals surface area contributed by atoms with E-state index in [0.29, 0.717) is 16.4 Å². The van der Waals surface area contributed by atoms with Crippen molar-refractivity contribution < 1.29 is 9.53 Å². The lowest BCUT2D eigenvalue weighted by Gasteiger charge is -2.05. The highest BCUT2D eigenvalue weighted by Gasteiger charge is 2.19. The summed E-state index contributed by atoms with van der Waals surface area (Å²) >= 11 is 1.16. The van der Waals surface area contributed by atoms with Gasteiger partial charge in [-0.05, 0) is 19.3 Å². The smallest absolute Gasteiger partial charge is 0.253 e. The first-order valence-corrected chi connectivity index (χ1v) is 6.78. The van der Waals surface area contributed by atoms with E-state index in [1.54, 1.807) is 7.11 Å². The van der Waals surface area contributed by atoms with Crippen LogP contribution in [-0.2, 0) is 4.74 Å². The summed E-state index contributed by atoms with van der Waals surface area (Å²) in [5.41, 5.74) is 11.4. The summed E-state index contributed by atoms with van der Waals surface area (Å²) in [5.74, 6) is -0.614. The molecule has 6 nitrogen and oxygen atoms in total. The molecule has 0 saturated heterocycles. The topological polar surface area (TPSA) is 114 Å². The van der Waals surface area contributed by atoms with Gasteiger partial charge in [0.25, 0.3) is 5.91 Å². The number of nitrogens with zero attached hydrogens (tertiary/aromatic N) is 1. The number of amides is 1. The Morgan fingerprint density at radius 3 is 2.79 bits per heavy atom. The van der Waals surface area contributed by atoms with E-state index in [2.05, 4.69) is 5.32 Å². The number of rotatable bonds is 8. The summed E-state index contributed by atoms with van der Waals surface area (Å²) in [6.07, 6.45) is 2.97. The second-order valence-electron chi connectivity index (χ2n) is 4.01. The molecule has 0 fully saturated rings. The number of nitrogens with two attached hydrogens (primary N) is 2. The van der Waals surface area contributed by atoms with Crippen LogP contribution >= 0.6 is 11.3 Å². The highest BCUT2D eigenvalue weighted by atomic mass is 32.1. The predicted octanol–water partition coefficient (Wildman–Crippen LogP) is 1.53. The molecule has 1 aromatic heterocycles. The molecule has 1 aromatic rings. The maximum atomic E-state index is 11.3. The van der Waals surface area contributed by atoms with E-state index in [1.165, 1.54) is 0 Å². The molecule has 1 heterocycles. The lowest BCUT2D eigenvalue weighted by atomic mass is 10.2. The lowest BCUT2D eigenvalue weighted by molar-refractivity contribution is 0.100. The number of nitriles is 1. The molecule has 0 saturated carbocycles. The van der Waals surface area contributed by atoms with Gasteiger partial charge in [0.2, 0.25) is 0 Å². The molecule has 7 heteroatoms. The SMILES string of the molecule is COCCCCCNc1sc(C#N)c(N)c1C(N)=O. The van der Waals surface area contributed by atoms with Gasteiger partial charge in [0.05, 0.1) is 11.3 Å². The minimum absolute atomic E-state index is 0.168. The fourth-order valence-corrected chi connectivity index (χ4v) is 2.59. The van der Waals surface area contributed by atoms with Crippen LogP contribution in [0.1, 0.15) is 34.5 Å². The minimum atomic E-state index is -0.614. The molecule has 19 heavy (non-hydrogen) atoms. The van der Waals surface area contributed by atoms with Crippen molar-refractivity contribution >= 4 is 27.9 Å². The molecule has 0 aliphatic rings. The zero-order valence-electron chi connectivity index (χ0n) is 10.9. The van der Waals surface area contributed by atoms with Gasteiger partial charge < -0.3 is 21.5 Å². The molecule has 5 N–H and O–H groups in total. The molecule has 0 bridgehead atoms. The molecule has 0 unspecified atom stereocenters. The normalized spacial score (nSPS) is 10.1. The highest BCUT2D eigenvalue weighted by Crippen LogP contribution is 2.34. The van der Waals surface area contributed by atoms with Crippen LogP contribution in [0.3, 0.4) is 0 Å². The first kappa shape index (κ1) is 15.3. The molecular formula is C12H18N4O2S. The van der Waals surface area contributed by atoms with E-state index in [0.717, 1.165) is 37.2 Å². The average molecular weight is 282 g/mol. The van der Waals surface area contributed by atoms with E-state index in [-0.39, 0.29) is 11.3 Å². The first-order chi connectivity index (χ1) is 9.11. The Labute approximate surface area is 116 Å². The van der Waals surface area contributed by atoms with Gasteiger partial charge in [0, 0.05) is 20.3 Å². The number of anilines is 2. The second kappa shape index (κ2) is 7.61. The Hall–Kier alpha value is -1.78. The third kappa shape index (κ3) is 4.12. The minimum Gasteiger partial charge on any atom is -0.396 e. The molecule has 1 rings (SSSR count). The fourth-order valence-electron chi connectivity index (χ4n) is 1.65. The number of hydrogen-bond acceptors (Lipinski definition) is 6. The van der Waals surface area contributed by atoms with Crippen molar-refractivity contribution in [2.75, 3.05) is 31.3 Å². The number of carbonyl (C=O) groups is 1. The summed E-state index contributed by atoms with van der Waals surface area (Å²) in [6, 6.07) is 1.96. The average Bonchev–Trinajstić information content (AvgIpc) is 2.70. The highest BCUT2D eigenvalue weighted by molar-refractivity contribution is 7.17. The van der Waals surface area contributed by atoms with E-state index in [4.69, 9.17) is 21.5 Å². The summed E-state index contributed by atoms with van der Waals surface area (Å²) in [4.78, 5) is 11.6. The van der Waals surface area contributed by atoms with Gasteiger partial charge in [-0.1, -0.05) is 0 Å². The van der Waals surface area contributed by atoms with E-state index < -0.39 is 5.91 Å². The van der Waals surface area contributed by atoms with Crippen molar-refractivity contribution in [3.63, 3.8) is 0 Å². The quantitative estimate of drug-likeness (QED) is 0.625. The van der Waals surface area contributed by atoms with E-state index in [1.807, 2.05) is 6.07 Å². The van der Waals surface area contributed by atoms with Gasteiger partial charge in [-0.3, -0.25) is 4.79 Å². The third-order valence-corrected chi connectivity index (χ3v) is 3.67. The van der Waals surface area contributed by atoms with E-state index >= 15 is 0 Å². The third-order valence-electron chi connectivity index (χ3n) is 2.60. The van der Waals surface area contributed by atoms with E-state index in [9.17, 15) is 4.79 Å². The predicted molar refractivity (Wildman–Crippen MR) is 76.2 cm³/mol. The van der Waals surface area contributed by atoms with Gasteiger partial charge in [0.1, 0.15) is 15.9 Å². The number of hydrogen-bond donors (Lipinski definition) is 3. The maximum absolute atomic E-state index is 11.3. The molecule has 0 radical (unpaired) electrons. The largest absolute Gasteiger partial charge is 0.396 e. The first-order valence-electron chi connectivity index (χ1n) is 5.96. The molecule has 104 valence electrons. The van der Waals surface area contributed by atoms with Crippen LogP contribution in [0.25, 0.3) is 0 Å². The number of primary amides is 1. The molecule has 0 atom stereocenters. The van der Waals surface area contributed by atoms with Crippen molar-refractivity contribution in [2.24, 2.45) is 5.73 Å². The number of methoxy groups -OCH3 is 1. The summed E-state index contributed by atoms with van der Waals surface area (Å²) in [5, 5.41) is 12.6. The van der Waals surface area contributed by atoms with Crippen molar-refractivity contribution in [2.45, 2.75) is 19.3 Å². The van der Waals surface area contributed by atoms with Crippen LogP contribution in [0.2, 0.25) is 0 Å². The Kier molecular flexibility index (Phi) is 6.12. The number of ether oxygens (including phenoxy) is 1. The summed E-state index contributed by atoms with van der Waals surface area (Å²) in [7, 11) is 1.68. The Morgan fingerprint density at radius 2 is 2.21 bits per heavy atom. The fraction of sp³-hybridized carbons (Fsp3) is 0.500. The van der Waals surface area contributed by atoms with Gasteiger partial charge in [-0.15, -0.1) is 11.3 Å². The summed E-state index contributed by atoms with van der Waals surface area (Å²) in [6.45, 7) is 1.45. The second-order valence-corrected chi connectivity index (χ2v) is 5.03. The van der Waals surface area contributed by atoms with Crippen LogP contribution in [-0.4, -0.2) is 26.2 Å². The molecule has 1 amide bonds. The van der Waals surface area contributed by atoms with Crippen molar-refractivity contribution in [1.29, 1.82) is 5.26 Å². The number of nitrogens with one attached hydrogen (secondary N) is 1. The van der Waals surface area contributed by atoms with Gasteiger partial charge >= 0.3 is 0 Å². The van der Waals surface area contributed by atoms with Crippen LogP contribution in [0.4, 0.5) is 10.7 Å². The lowest BCUT2D eigenvalue weighted by Crippen LogP contribution is -2.15. The van der Waals surface area contributed by atoms with Crippen molar-refractivity contribution in [3.8, 4) is 6.07 Å². The number of unbranched alkanes of at least 4 members (excludes halogenated alkanes) is 2. The number of thiophene rings is 1. The zero-order valence-corrected chi connectivity index (χ0v) is 11.7. The standard InChI is InChI=1S/C12H18N4O2S/c1-18-6-4-2-3-5-16-12-9(11(15)17)10(14)8(7-13)19-12/h16H,2-6,14H2,1H3,(H2,15,17). The molecular weight excluding hydrogens is 264 g/mol. The van der Waals surface area contributed by atoms with Gasteiger partial charge in [-0.25, -0.2) is 0 Å². The zero-order chi connectivity index (χ0) is 14.3. The number of nitrogen functional groups attached to an aromatic ring is 1. The van der Waals surface area contributed by atoms with Crippen molar-refractivity contribution in [3.05, 3.63) is 10.4 Å². The maximum Gasteiger partial charge on any atom is 0.253 e. The van der Waals surface area contributed by atoms with Crippen LogP contribution in [0.5, 0.6) is 0 Å². The van der Waals surface area contributed by atoms with Gasteiger partial charge in [-0.2, -0.15) is 5.26 Å². The Morgan fingerprint density at radius 1 is 1.47 bits per heavy atom. The van der Waals surface area contributed by atoms with Crippen LogP contribution in [0, 0.1) is 11.3 Å². The molecule has 0 spiro atoms.